The zero-order valence-electron chi connectivity index (χ0n) is 13.3. The first-order chi connectivity index (χ1) is 10.9. The number of aryl methyl sites for hydroxylation is 1. The summed E-state index contributed by atoms with van der Waals surface area (Å²) in [6, 6.07) is 18.8. The van der Waals surface area contributed by atoms with Crippen LogP contribution in [0.2, 0.25) is 0 Å². The number of methoxy groups -OCH3 is 1. The minimum absolute atomic E-state index is 0.585. The number of benzene rings is 2. The van der Waals surface area contributed by atoms with E-state index in [-0.39, 0.29) is 0 Å². The van der Waals surface area contributed by atoms with Crippen LogP contribution in [0.1, 0.15) is 17.5 Å². The number of para-hydroxylation sites is 1. The molecule has 0 aromatic heterocycles. The molecule has 0 heterocycles. The summed E-state index contributed by atoms with van der Waals surface area (Å²) in [6.07, 6.45) is 2.25. The topological polar surface area (TPSA) is 30.5 Å². The lowest BCUT2D eigenvalue weighted by molar-refractivity contribution is 0.145. The van der Waals surface area contributed by atoms with Crippen LogP contribution in [0.3, 0.4) is 0 Å². The van der Waals surface area contributed by atoms with Crippen molar-refractivity contribution in [2.24, 2.45) is 0 Å². The Morgan fingerprint density at radius 2 is 1.68 bits per heavy atom. The van der Waals surface area contributed by atoms with Crippen molar-refractivity contribution in [1.29, 1.82) is 0 Å². The first kappa shape index (κ1) is 16.5. The Hall–Kier alpha value is -1.84. The van der Waals surface area contributed by atoms with E-state index < -0.39 is 0 Å². The third-order valence-corrected chi connectivity index (χ3v) is 3.49. The van der Waals surface area contributed by atoms with Gasteiger partial charge >= 0.3 is 0 Å². The van der Waals surface area contributed by atoms with Crippen molar-refractivity contribution in [2.75, 3.05) is 26.9 Å². The fourth-order valence-electron chi connectivity index (χ4n) is 2.31. The van der Waals surface area contributed by atoms with Crippen molar-refractivity contribution in [3.63, 3.8) is 0 Å². The van der Waals surface area contributed by atoms with Crippen LogP contribution in [0.15, 0.2) is 54.6 Å². The van der Waals surface area contributed by atoms with Gasteiger partial charge in [0.1, 0.15) is 12.4 Å². The van der Waals surface area contributed by atoms with Crippen LogP contribution in [0.4, 0.5) is 0 Å². The fourth-order valence-corrected chi connectivity index (χ4v) is 2.31. The summed E-state index contributed by atoms with van der Waals surface area (Å²) in [5, 5.41) is 3.49. The fraction of sp³-hybridized carbons (Fsp3) is 0.368. The molecule has 118 valence electrons. The van der Waals surface area contributed by atoms with Crippen molar-refractivity contribution in [3.05, 3.63) is 65.7 Å². The summed E-state index contributed by atoms with van der Waals surface area (Å²) in [4.78, 5) is 0. The SMILES string of the molecule is COCCOc1ccccc1CNCCCc1ccccc1. The molecule has 2 rings (SSSR count). The van der Waals surface area contributed by atoms with Gasteiger partial charge in [0.15, 0.2) is 0 Å². The Balaban J connectivity index is 1.70. The van der Waals surface area contributed by atoms with Crippen LogP contribution in [-0.2, 0) is 17.7 Å². The number of nitrogens with one attached hydrogen (secondary N) is 1. The standard InChI is InChI=1S/C19H25NO2/c1-21-14-15-22-19-12-6-5-11-18(19)16-20-13-7-10-17-8-3-2-4-9-17/h2-6,8-9,11-12,20H,7,10,13-16H2,1H3. The molecule has 0 aliphatic heterocycles. The maximum Gasteiger partial charge on any atom is 0.123 e. The minimum Gasteiger partial charge on any atom is -0.491 e. The highest BCUT2D eigenvalue weighted by Crippen LogP contribution is 2.17. The molecule has 2 aromatic rings. The molecular formula is C19H25NO2. The summed E-state index contributed by atoms with van der Waals surface area (Å²) in [6.45, 7) is 3.03. The smallest absolute Gasteiger partial charge is 0.123 e. The maximum absolute atomic E-state index is 5.74. The van der Waals surface area contributed by atoms with Gasteiger partial charge in [-0.05, 0) is 31.0 Å². The molecule has 3 heteroatoms. The summed E-state index contributed by atoms with van der Waals surface area (Å²) < 4.78 is 10.8. The first-order valence-electron chi connectivity index (χ1n) is 7.84. The van der Waals surface area contributed by atoms with Crippen molar-refractivity contribution in [2.45, 2.75) is 19.4 Å². The van der Waals surface area contributed by atoms with Gasteiger partial charge in [0.2, 0.25) is 0 Å². The van der Waals surface area contributed by atoms with Gasteiger partial charge in [0, 0.05) is 19.2 Å². The van der Waals surface area contributed by atoms with Crippen molar-refractivity contribution in [3.8, 4) is 5.75 Å². The molecule has 0 saturated carbocycles. The molecule has 0 bridgehead atoms. The van der Waals surface area contributed by atoms with Gasteiger partial charge in [-0.25, -0.2) is 0 Å². The Morgan fingerprint density at radius 3 is 2.50 bits per heavy atom. The van der Waals surface area contributed by atoms with Gasteiger partial charge in [0.25, 0.3) is 0 Å². The Labute approximate surface area is 133 Å². The molecule has 0 aliphatic carbocycles. The average Bonchev–Trinajstić information content (AvgIpc) is 2.57. The lowest BCUT2D eigenvalue weighted by Crippen LogP contribution is -2.16. The van der Waals surface area contributed by atoms with Gasteiger partial charge in [-0.1, -0.05) is 48.5 Å². The van der Waals surface area contributed by atoms with Crippen LogP contribution in [0, 0.1) is 0 Å². The molecule has 2 aromatic carbocycles. The third-order valence-electron chi connectivity index (χ3n) is 3.49. The van der Waals surface area contributed by atoms with Crippen LogP contribution in [0.5, 0.6) is 5.75 Å². The summed E-state index contributed by atoms with van der Waals surface area (Å²) in [5.41, 5.74) is 2.59. The molecule has 0 unspecified atom stereocenters. The molecule has 0 saturated heterocycles. The van der Waals surface area contributed by atoms with Gasteiger partial charge in [-0.3, -0.25) is 0 Å². The summed E-state index contributed by atoms with van der Waals surface area (Å²) >= 11 is 0. The zero-order valence-corrected chi connectivity index (χ0v) is 13.3. The van der Waals surface area contributed by atoms with Gasteiger partial charge < -0.3 is 14.8 Å². The van der Waals surface area contributed by atoms with E-state index in [1.807, 2.05) is 18.2 Å². The molecule has 0 atom stereocenters. The molecule has 1 N–H and O–H groups in total. The molecule has 0 aliphatic rings. The van der Waals surface area contributed by atoms with E-state index in [4.69, 9.17) is 9.47 Å². The Kier molecular flexibility index (Phi) is 7.50. The monoisotopic (exact) mass is 299 g/mol. The maximum atomic E-state index is 5.74. The van der Waals surface area contributed by atoms with Crippen molar-refractivity contribution < 1.29 is 9.47 Å². The predicted molar refractivity (Wildman–Crippen MR) is 90.3 cm³/mol. The number of rotatable bonds is 10. The van der Waals surface area contributed by atoms with Crippen LogP contribution >= 0.6 is 0 Å². The van der Waals surface area contributed by atoms with Crippen molar-refractivity contribution >= 4 is 0 Å². The number of ether oxygens (including phenoxy) is 2. The van der Waals surface area contributed by atoms with Gasteiger partial charge in [-0.2, -0.15) is 0 Å². The lowest BCUT2D eigenvalue weighted by Gasteiger charge is -2.12. The molecule has 0 spiro atoms. The van der Waals surface area contributed by atoms with E-state index in [1.165, 1.54) is 11.1 Å². The van der Waals surface area contributed by atoms with E-state index in [1.54, 1.807) is 7.11 Å². The molecule has 0 radical (unpaired) electrons. The Morgan fingerprint density at radius 1 is 0.909 bits per heavy atom. The van der Waals surface area contributed by atoms with Crippen LogP contribution < -0.4 is 10.1 Å². The second-order valence-corrected chi connectivity index (χ2v) is 5.21. The predicted octanol–water partition coefficient (Wildman–Crippen LogP) is 3.43. The second-order valence-electron chi connectivity index (χ2n) is 5.21. The highest BCUT2D eigenvalue weighted by Gasteiger charge is 2.02. The van der Waals surface area contributed by atoms with E-state index in [2.05, 4.69) is 41.7 Å². The van der Waals surface area contributed by atoms with E-state index in [0.29, 0.717) is 13.2 Å². The highest BCUT2D eigenvalue weighted by atomic mass is 16.5. The first-order valence-corrected chi connectivity index (χ1v) is 7.84. The Bertz CT molecular complexity index is 528. The quantitative estimate of drug-likeness (QED) is 0.682. The molecule has 22 heavy (non-hydrogen) atoms. The third kappa shape index (κ3) is 5.88. The van der Waals surface area contributed by atoms with Crippen LogP contribution in [-0.4, -0.2) is 26.9 Å². The molecule has 3 nitrogen and oxygen atoms in total. The normalized spacial score (nSPS) is 10.6. The average molecular weight is 299 g/mol. The highest BCUT2D eigenvalue weighted by molar-refractivity contribution is 5.33. The largest absolute Gasteiger partial charge is 0.491 e. The second kappa shape index (κ2) is 9.98. The van der Waals surface area contributed by atoms with E-state index in [9.17, 15) is 0 Å². The summed E-state index contributed by atoms with van der Waals surface area (Å²) in [7, 11) is 1.68. The zero-order chi connectivity index (χ0) is 15.5. The summed E-state index contributed by atoms with van der Waals surface area (Å²) in [5.74, 6) is 0.940. The molecule has 0 fully saturated rings. The lowest BCUT2D eigenvalue weighted by atomic mass is 10.1. The van der Waals surface area contributed by atoms with Gasteiger partial charge in [-0.15, -0.1) is 0 Å². The van der Waals surface area contributed by atoms with E-state index in [0.717, 1.165) is 31.7 Å². The number of hydrogen-bond acceptors (Lipinski definition) is 3. The van der Waals surface area contributed by atoms with Crippen molar-refractivity contribution in [1.82, 2.24) is 5.32 Å². The van der Waals surface area contributed by atoms with Gasteiger partial charge in [0.05, 0.1) is 6.61 Å². The van der Waals surface area contributed by atoms with E-state index >= 15 is 0 Å². The minimum atomic E-state index is 0.585. The molecule has 0 amide bonds. The van der Waals surface area contributed by atoms with Crippen LogP contribution in [0.25, 0.3) is 0 Å². The number of hydrogen-bond donors (Lipinski definition) is 1. The molecular weight excluding hydrogens is 274 g/mol.